The predicted octanol–water partition coefficient (Wildman–Crippen LogP) is 4.89. The van der Waals surface area contributed by atoms with Crippen molar-refractivity contribution in [3.05, 3.63) is 28.8 Å². The largest absolute Gasteiger partial charge is 0.385 e. The van der Waals surface area contributed by atoms with Crippen molar-refractivity contribution in [2.24, 2.45) is 11.8 Å². The molecule has 2 atom stereocenters. The summed E-state index contributed by atoms with van der Waals surface area (Å²) in [5.41, 5.74) is 2.36. The van der Waals surface area contributed by atoms with Gasteiger partial charge in [-0.1, -0.05) is 37.4 Å². The first-order chi connectivity index (χ1) is 8.16. The Hall–Kier alpha value is -0.690. The number of hydrogen-bond donors (Lipinski definition) is 1. The zero-order valence-corrected chi connectivity index (χ0v) is 11.6. The number of hydrogen-bond acceptors (Lipinski definition) is 1. The molecule has 0 radical (unpaired) electrons. The lowest BCUT2D eigenvalue weighted by molar-refractivity contribution is 0.293. The predicted molar refractivity (Wildman–Crippen MR) is 75.8 cm³/mol. The first-order valence-electron chi connectivity index (χ1n) is 6.66. The Morgan fingerprint density at radius 2 is 2.18 bits per heavy atom. The normalized spacial score (nSPS) is 24.6. The maximum Gasteiger partial charge on any atom is 0.0455 e. The molecular weight excluding hydrogens is 230 g/mol. The maximum absolute atomic E-state index is 6.12. The van der Waals surface area contributed by atoms with Gasteiger partial charge in [-0.15, -0.1) is 0 Å². The Balaban J connectivity index is 1.91. The molecule has 1 aliphatic carbocycles. The van der Waals surface area contributed by atoms with Crippen molar-refractivity contribution in [1.29, 1.82) is 0 Å². The SMILES string of the molecule is Cc1c(Cl)cccc1NCC1CCCC(C)C1. The van der Waals surface area contributed by atoms with Crippen LogP contribution in [0, 0.1) is 18.8 Å². The molecule has 0 amide bonds. The van der Waals surface area contributed by atoms with Gasteiger partial charge in [0.15, 0.2) is 0 Å². The third-order valence-electron chi connectivity index (χ3n) is 3.89. The van der Waals surface area contributed by atoms with Gasteiger partial charge in [-0.3, -0.25) is 0 Å². The summed E-state index contributed by atoms with van der Waals surface area (Å²) in [6.45, 7) is 5.54. The summed E-state index contributed by atoms with van der Waals surface area (Å²) in [6, 6.07) is 6.08. The van der Waals surface area contributed by atoms with Gasteiger partial charge in [0.1, 0.15) is 0 Å². The molecule has 0 spiro atoms. The highest BCUT2D eigenvalue weighted by molar-refractivity contribution is 6.31. The number of benzene rings is 1. The lowest BCUT2D eigenvalue weighted by Gasteiger charge is -2.27. The first-order valence-corrected chi connectivity index (χ1v) is 7.03. The summed E-state index contributed by atoms with van der Waals surface area (Å²) in [5.74, 6) is 1.73. The summed E-state index contributed by atoms with van der Waals surface area (Å²) < 4.78 is 0. The van der Waals surface area contributed by atoms with Crippen LogP contribution in [0.3, 0.4) is 0 Å². The van der Waals surface area contributed by atoms with E-state index in [1.807, 2.05) is 12.1 Å². The van der Waals surface area contributed by atoms with E-state index in [2.05, 4.69) is 25.2 Å². The van der Waals surface area contributed by atoms with Crippen LogP contribution in [0.2, 0.25) is 5.02 Å². The van der Waals surface area contributed by atoms with Gasteiger partial charge in [0.05, 0.1) is 0 Å². The van der Waals surface area contributed by atoms with Crippen LogP contribution in [0.25, 0.3) is 0 Å². The van der Waals surface area contributed by atoms with Gasteiger partial charge >= 0.3 is 0 Å². The molecule has 1 saturated carbocycles. The fraction of sp³-hybridized carbons (Fsp3) is 0.600. The van der Waals surface area contributed by atoms with E-state index in [-0.39, 0.29) is 0 Å². The number of rotatable bonds is 3. The molecule has 0 aromatic heterocycles. The third-order valence-corrected chi connectivity index (χ3v) is 4.30. The van der Waals surface area contributed by atoms with Gasteiger partial charge < -0.3 is 5.32 Å². The highest BCUT2D eigenvalue weighted by Gasteiger charge is 2.18. The van der Waals surface area contributed by atoms with E-state index in [0.29, 0.717) is 0 Å². The van der Waals surface area contributed by atoms with Crippen LogP contribution in [-0.4, -0.2) is 6.54 Å². The Morgan fingerprint density at radius 1 is 1.35 bits per heavy atom. The van der Waals surface area contributed by atoms with Crippen molar-refractivity contribution < 1.29 is 0 Å². The zero-order valence-electron chi connectivity index (χ0n) is 10.8. The molecule has 1 nitrogen and oxygen atoms in total. The van der Waals surface area contributed by atoms with E-state index in [9.17, 15) is 0 Å². The monoisotopic (exact) mass is 251 g/mol. The van der Waals surface area contributed by atoms with Crippen molar-refractivity contribution in [2.75, 3.05) is 11.9 Å². The molecule has 0 bridgehead atoms. The number of halogens is 1. The van der Waals surface area contributed by atoms with E-state index in [0.717, 1.165) is 29.0 Å². The van der Waals surface area contributed by atoms with E-state index in [4.69, 9.17) is 11.6 Å². The van der Waals surface area contributed by atoms with Crippen LogP contribution in [0.4, 0.5) is 5.69 Å². The summed E-state index contributed by atoms with van der Waals surface area (Å²) >= 11 is 6.12. The Kier molecular flexibility index (Phi) is 4.33. The molecule has 1 aromatic carbocycles. The third kappa shape index (κ3) is 3.38. The molecule has 0 saturated heterocycles. The molecular formula is C15H22ClN. The van der Waals surface area contributed by atoms with Crippen LogP contribution in [0.1, 0.15) is 38.2 Å². The van der Waals surface area contributed by atoms with E-state index < -0.39 is 0 Å². The Bertz CT molecular complexity index is 375. The fourth-order valence-corrected chi connectivity index (χ4v) is 2.97. The van der Waals surface area contributed by atoms with Gasteiger partial charge in [0, 0.05) is 17.3 Å². The lowest BCUT2D eigenvalue weighted by atomic mass is 9.82. The van der Waals surface area contributed by atoms with Gasteiger partial charge in [-0.25, -0.2) is 0 Å². The standard InChI is InChI=1S/C15H22ClN/c1-11-5-3-6-13(9-11)10-17-15-8-4-7-14(16)12(15)2/h4,7-8,11,13,17H,3,5-6,9-10H2,1-2H3. The number of nitrogens with one attached hydrogen (secondary N) is 1. The van der Waals surface area contributed by atoms with Crippen LogP contribution in [0.5, 0.6) is 0 Å². The summed E-state index contributed by atoms with van der Waals surface area (Å²) in [7, 11) is 0. The first kappa shape index (κ1) is 12.8. The number of anilines is 1. The van der Waals surface area contributed by atoms with Crippen molar-refractivity contribution >= 4 is 17.3 Å². The molecule has 1 N–H and O–H groups in total. The maximum atomic E-state index is 6.12. The van der Waals surface area contributed by atoms with Crippen molar-refractivity contribution in [3.63, 3.8) is 0 Å². The molecule has 2 unspecified atom stereocenters. The van der Waals surface area contributed by atoms with Crippen LogP contribution >= 0.6 is 11.6 Å². The molecule has 1 fully saturated rings. The Morgan fingerprint density at radius 3 is 2.94 bits per heavy atom. The van der Waals surface area contributed by atoms with E-state index >= 15 is 0 Å². The summed E-state index contributed by atoms with van der Waals surface area (Å²) in [6.07, 6.45) is 5.54. The van der Waals surface area contributed by atoms with Crippen molar-refractivity contribution in [3.8, 4) is 0 Å². The molecule has 94 valence electrons. The molecule has 0 aliphatic heterocycles. The topological polar surface area (TPSA) is 12.0 Å². The van der Waals surface area contributed by atoms with Gasteiger partial charge in [-0.2, -0.15) is 0 Å². The zero-order chi connectivity index (χ0) is 12.3. The van der Waals surface area contributed by atoms with Gasteiger partial charge in [0.25, 0.3) is 0 Å². The molecule has 1 aromatic rings. The van der Waals surface area contributed by atoms with Gasteiger partial charge in [0.2, 0.25) is 0 Å². The van der Waals surface area contributed by atoms with E-state index in [1.54, 1.807) is 0 Å². The van der Waals surface area contributed by atoms with Crippen molar-refractivity contribution in [1.82, 2.24) is 0 Å². The summed E-state index contributed by atoms with van der Waals surface area (Å²) in [5, 5.41) is 4.41. The smallest absolute Gasteiger partial charge is 0.0455 e. The average molecular weight is 252 g/mol. The van der Waals surface area contributed by atoms with Crippen LogP contribution < -0.4 is 5.32 Å². The minimum Gasteiger partial charge on any atom is -0.385 e. The van der Waals surface area contributed by atoms with E-state index in [1.165, 1.54) is 31.4 Å². The van der Waals surface area contributed by atoms with Gasteiger partial charge in [-0.05, 0) is 49.3 Å². The second kappa shape index (κ2) is 5.77. The van der Waals surface area contributed by atoms with Crippen LogP contribution in [0.15, 0.2) is 18.2 Å². The minimum atomic E-state index is 0.831. The minimum absolute atomic E-state index is 0.831. The molecule has 0 heterocycles. The quantitative estimate of drug-likeness (QED) is 0.807. The molecule has 1 aliphatic rings. The second-order valence-electron chi connectivity index (χ2n) is 5.43. The van der Waals surface area contributed by atoms with Crippen molar-refractivity contribution in [2.45, 2.75) is 39.5 Å². The highest BCUT2D eigenvalue weighted by atomic mass is 35.5. The fourth-order valence-electron chi connectivity index (χ4n) is 2.80. The Labute approximate surface area is 110 Å². The summed E-state index contributed by atoms with van der Waals surface area (Å²) in [4.78, 5) is 0. The second-order valence-corrected chi connectivity index (χ2v) is 5.84. The average Bonchev–Trinajstić information content (AvgIpc) is 2.31. The molecule has 17 heavy (non-hydrogen) atoms. The highest BCUT2D eigenvalue weighted by Crippen LogP contribution is 2.29. The lowest BCUT2D eigenvalue weighted by Crippen LogP contribution is -2.21. The molecule has 2 heteroatoms. The van der Waals surface area contributed by atoms with Crippen LogP contribution in [-0.2, 0) is 0 Å². The molecule has 2 rings (SSSR count).